The van der Waals surface area contributed by atoms with Crippen molar-refractivity contribution in [3.05, 3.63) is 6.20 Å². The number of hydrogen-bond acceptors (Lipinski definition) is 5. The number of aliphatic hydroxyl groups is 1. The first kappa shape index (κ1) is 15.9. The molecule has 1 unspecified atom stereocenters. The average Bonchev–Trinajstić information content (AvgIpc) is 2.76. The number of nitrogens with one attached hydrogen (secondary N) is 1. The molecule has 4 N–H and O–H groups in total. The van der Waals surface area contributed by atoms with Crippen LogP contribution in [-0.2, 0) is 16.6 Å². The third kappa shape index (κ3) is 4.48. The summed E-state index contributed by atoms with van der Waals surface area (Å²) in [6.45, 7) is 4.77. The second-order valence-corrected chi connectivity index (χ2v) is 6.30. The van der Waals surface area contributed by atoms with Crippen LogP contribution in [0.3, 0.4) is 0 Å². The van der Waals surface area contributed by atoms with E-state index < -0.39 is 10.0 Å². The van der Waals surface area contributed by atoms with Crippen LogP contribution >= 0.6 is 0 Å². The molecule has 8 heteroatoms. The molecular weight excluding hydrogens is 268 g/mol. The molecule has 0 saturated heterocycles. The van der Waals surface area contributed by atoms with Crippen molar-refractivity contribution >= 4 is 15.8 Å². The summed E-state index contributed by atoms with van der Waals surface area (Å²) in [7, 11) is -3.61. The average molecular weight is 290 g/mol. The number of aromatic nitrogens is 2. The summed E-state index contributed by atoms with van der Waals surface area (Å²) in [6.07, 6.45) is 2.86. The molecule has 7 nitrogen and oxygen atoms in total. The number of hydrogen-bond donors (Lipinski definition) is 3. The van der Waals surface area contributed by atoms with E-state index in [1.54, 1.807) is 0 Å². The van der Waals surface area contributed by atoms with E-state index in [1.807, 2.05) is 13.8 Å². The molecule has 110 valence electrons. The van der Waals surface area contributed by atoms with Crippen LogP contribution in [0.15, 0.2) is 11.1 Å². The minimum absolute atomic E-state index is 0.0121. The van der Waals surface area contributed by atoms with Crippen molar-refractivity contribution in [1.82, 2.24) is 14.5 Å². The second-order valence-electron chi connectivity index (χ2n) is 4.56. The summed E-state index contributed by atoms with van der Waals surface area (Å²) < 4.78 is 28.0. The maximum atomic E-state index is 12.0. The fourth-order valence-electron chi connectivity index (χ4n) is 1.61. The van der Waals surface area contributed by atoms with E-state index in [0.29, 0.717) is 19.5 Å². The number of sulfonamides is 1. The lowest BCUT2D eigenvalue weighted by molar-refractivity contribution is 0.228. The van der Waals surface area contributed by atoms with Crippen LogP contribution in [0, 0.1) is 5.92 Å². The Hall–Kier alpha value is -1.12. The van der Waals surface area contributed by atoms with Crippen LogP contribution in [0.1, 0.15) is 26.7 Å². The van der Waals surface area contributed by atoms with Crippen molar-refractivity contribution in [2.75, 3.05) is 18.9 Å². The van der Waals surface area contributed by atoms with Gasteiger partial charge in [0.05, 0.1) is 0 Å². The number of aryl methyl sites for hydroxylation is 1. The number of aliphatic hydroxyl groups excluding tert-OH is 1. The van der Waals surface area contributed by atoms with Crippen LogP contribution in [0.25, 0.3) is 0 Å². The van der Waals surface area contributed by atoms with Gasteiger partial charge in [0.1, 0.15) is 4.90 Å². The topological polar surface area (TPSA) is 110 Å². The highest BCUT2D eigenvalue weighted by atomic mass is 32.2. The lowest BCUT2D eigenvalue weighted by Crippen LogP contribution is -2.25. The van der Waals surface area contributed by atoms with Gasteiger partial charge in [-0.15, -0.1) is 0 Å². The summed E-state index contributed by atoms with van der Waals surface area (Å²) in [5.74, 6) is 0.190. The van der Waals surface area contributed by atoms with Crippen molar-refractivity contribution in [2.45, 2.75) is 38.1 Å². The van der Waals surface area contributed by atoms with Gasteiger partial charge >= 0.3 is 0 Å². The fraction of sp³-hybridized carbons (Fsp3) is 0.727. The first-order valence-corrected chi connectivity index (χ1v) is 7.82. The highest BCUT2D eigenvalue weighted by Gasteiger charge is 2.20. The van der Waals surface area contributed by atoms with E-state index in [1.165, 1.54) is 10.9 Å². The highest BCUT2D eigenvalue weighted by molar-refractivity contribution is 7.89. The lowest BCUT2D eigenvalue weighted by Gasteiger charge is -2.08. The summed E-state index contributed by atoms with van der Waals surface area (Å²) in [5, 5.41) is 12.8. The van der Waals surface area contributed by atoms with Crippen molar-refractivity contribution in [2.24, 2.45) is 5.92 Å². The van der Waals surface area contributed by atoms with Crippen molar-refractivity contribution in [1.29, 1.82) is 0 Å². The number of nitrogens with zero attached hydrogens (tertiary/aromatic N) is 2. The first-order chi connectivity index (χ1) is 8.90. The molecule has 1 rings (SSSR count). The van der Waals surface area contributed by atoms with E-state index in [9.17, 15) is 8.42 Å². The second kappa shape index (κ2) is 6.88. The van der Waals surface area contributed by atoms with Crippen LogP contribution < -0.4 is 10.5 Å². The molecule has 1 aromatic heterocycles. The fourth-order valence-corrected chi connectivity index (χ4v) is 2.76. The van der Waals surface area contributed by atoms with E-state index in [2.05, 4.69) is 9.82 Å². The Labute approximate surface area is 113 Å². The summed E-state index contributed by atoms with van der Waals surface area (Å²) in [6, 6.07) is 0. The van der Waals surface area contributed by atoms with Gasteiger partial charge in [-0.2, -0.15) is 5.10 Å². The van der Waals surface area contributed by atoms with Gasteiger partial charge in [-0.05, 0) is 25.7 Å². The molecule has 1 heterocycles. The molecule has 1 aromatic rings. The van der Waals surface area contributed by atoms with Crippen molar-refractivity contribution in [3.63, 3.8) is 0 Å². The third-order valence-corrected chi connectivity index (χ3v) is 4.32. The Morgan fingerprint density at radius 1 is 1.58 bits per heavy atom. The molecule has 0 aromatic carbocycles. The Morgan fingerprint density at radius 3 is 2.79 bits per heavy atom. The monoisotopic (exact) mass is 290 g/mol. The van der Waals surface area contributed by atoms with Gasteiger partial charge in [-0.1, -0.05) is 6.92 Å². The normalized spacial score (nSPS) is 13.6. The van der Waals surface area contributed by atoms with Crippen LogP contribution in [-0.4, -0.2) is 36.5 Å². The van der Waals surface area contributed by atoms with Crippen LogP contribution in [0.4, 0.5) is 5.82 Å². The van der Waals surface area contributed by atoms with Gasteiger partial charge in [0.25, 0.3) is 0 Å². The highest BCUT2D eigenvalue weighted by Crippen LogP contribution is 2.16. The Balaban J connectivity index is 2.58. The van der Waals surface area contributed by atoms with Crippen LogP contribution in [0.2, 0.25) is 0 Å². The van der Waals surface area contributed by atoms with E-state index in [4.69, 9.17) is 10.8 Å². The largest absolute Gasteiger partial charge is 0.396 e. The smallest absolute Gasteiger partial charge is 0.245 e. The van der Waals surface area contributed by atoms with Gasteiger partial charge in [0.15, 0.2) is 5.82 Å². The van der Waals surface area contributed by atoms with Gasteiger partial charge < -0.3 is 10.8 Å². The van der Waals surface area contributed by atoms with E-state index in [-0.39, 0.29) is 23.2 Å². The van der Waals surface area contributed by atoms with Gasteiger partial charge in [0.2, 0.25) is 10.0 Å². The molecule has 1 atom stereocenters. The third-order valence-electron chi connectivity index (χ3n) is 2.85. The van der Waals surface area contributed by atoms with Crippen LogP contribution in [0.5, 0.6) is 0 Å². The van der Waals surface area contributed by atoms with Gasteiger partial charge in [-0.3, -0.25) is 4.68 Å². The summed E-state index contributed by atoms with van der Waals surface area (Å²) in [5.41, 5.74) is 5.59. The number of rotatable bonds is 8. The number of nitrogen functional groups attached to an aromatic ring is 1. The number of nitrogens with two attached hydrogens (primary N) is 1. The number of anilines is 1. The molecule has 0 aliphatic carbocycles. The summed E-state index contributed by atoms with van der Waals surface area (Å²) >= 11 is 0. The zero-order chi connectivity index (χ0) is 14.5. The molecule has 0 amide bonds. The van der Waals surface area contributed by atoms with Gasteiger partial charge in [-0.25, -0.2) is 13.1 Å². The van der Waals surface area contributed by atoms with Gasteiger partial charge in [0, 0.05) is 25.9 Å². The predicted octanol–water partition coefficient (Wildman–Crippen LogP) is 0.172. The van der Waals surface area contributed by atoms with E-state index in [0.717, 1.165) is 6.42 Å². The molecule has 0 aliphatic heterocycles. The predicted molar refractivity (Wildman–Crippen MR) is 73.0 cm³/mol. The quantitative estimate of drug-likeness (QED) is 0.591. The Bertz CT molecular complexity index is 498. The van der Waals surface area contributed by atoms with E-state index >= 15 is 0 Å². The zero-order valence-corrected chi connectivity index (χ0v) is 12.2. The standard InChI is InChI=1S/C11H22N4O3S/c1-3-15-7-10(11(12)14-15)19(17,18)13-6-4-5-9(2)8-16/h7,9,13,16H,3-6,8H2,1-2H3,(H2,12,14). The summed E-state index contributed by atoms with van der Waals surface area (Å²) in [4.78, 5) is 0.0181. The molecule has 0 spiro atoms. The SMILES string of the molecule is CCn1cc(S(=O)(=O)NCCCC(C)CO)c(N)n1. The molecule has 0 bridgehead atoms. The minimum Gasteiger partial charge on any atom is -0.396 e. The molecule has 0 aliphatic rings. The minimum atomic E-state index is -3.61. The Morgan fingerprint density at radius 2 is 2.26 bits per heavy atom. The molecule has 19 heavy (non-hydrogen) atoms. The molecular formula is C11H22N4O3S. The molecule has 0 fully saturated rings. The molecule has 0 saturated carbocycles. The maximum absolute atomic E-state index is 12.0. The zero-order valence-electron chi connectivity index (χ0n) is 11.3. The first-order valence-electron chi connectivity index (χ1n) is 6.34. The molecule has 0 radical (unpaired) electrons. The maximum Gasteiger partial charge on any atom is 0.245 e. The van der Waals surface area contributed by atoms with Crippen molar-refractivity contribution in [3.8, 4) is 0 Å². The Kier molecular flexibility index (Phi) is 5.77. The van der Waals surface area contributed by atoms with Crippen molar-refractivity contribution < 1.29 is 13.5 Å². The lowest BCUT2D eigenvalue weighted by atomic mass is 10.1.